The molecule has 1 heterocycles. The molecule has 0 radical (unpaired) electrons. The van der Waals surface area contributed by atoms with Crippen LogP contribution >= 0.6 is 0 Å². The minimum absolute atomic E-state index is 0.137. The monoisotopic (exact) mass is 280 g/mol. The summed E-state index contributed by atoms with van der Waals surface area (Å²) in [7, 11) is 2.05. The molecule has 3 nitrogen and oxygen atoms in total. The van der Waals surface area contributed by atoms with E-state index in [-0.39, 0.29) is 11.9 Å². The highest BCUT2D eigenvalue weighted by molar-refractivity contribution is 5.54. The Morgan fingerprint density at radius 2 is 2.30 bits per heavy atom. The summed E-state index contributed by atoms with van der Waals surface area (Å²) in [5.74, 6) is -0.181. The lowest BCUT2D eigenvalue weighted by Gasteiger charge is -2.27. The molecule has 1 N–H and O–H groups in total. The number of likely N-dealkylation sites (N-methyl/N-ethyl adjacent to an activating group) is 1. The van der Waals surface area contributed by atoms with Crippen molar-refractivity contribution in [3.63, 3.8) is 0 Å². The molecular weight excluding hydrogens is 255 g/mol. The highest BCUT2D eigenvalue weighted by Gasteiger charge is 2.20. The van der Waals surface area contributed by atoms with Crippen LogP contribution in [-0.4, -0.2) is 32.8 Å². The van der Waals surface area contributed by atoms with Crippen LogP contribution in [0.5, 0.6) is 0 Å². The summed E-state index contributed by atoms with van der Waals surface area (Å²) in [6, 6.07) is 5.17. The average Bonchev–Trinajstić information content (AvgIpc) is 2.91. The molecule has 112 valence electrons. The van der Waals surface area contributed by atoms with Gasteiger partial charge in [-0.2, -0.15) is 0 Å². The standard InChI is InChI=1S/C16H25FN2O/c1-4-18-12(2)15-10-13(17)7-8-16(15)19(3)11-14-6-5-9-20-14/h7-8,10,12,14,18H,4-6,9,11H2,1-3H3. The summed E-state index contributed by atoms with van der Waals surface area (Å²) in [5.41, 5.74) is 2.09. The highest BCUT2D eigenvalue weighted by atomic mass is 19.1. The summed E-state index contributed by atoms with van der Waals surface area (Å²) < 4.78 is 19.2. The van der Waals surface area contributed by atoms with Crippen molar-refractivity contribution in [1.29, 1.82) is 0 Å². The van der Waals surface area contributed by atoms with Gasteiger partial charge in [-0.05, 0) is 50.1 Å². The fraction of sp³-hybridized carbons (Fsp3) is 0.625. The van der Waals surface area contributed by atoms with Gasteiger partial charge in [0.15, 0.2) is 0 Å². The Labute approximate surface area is 121 Å². The number of halogens is 1. The highest BCUT2D eigenvalue weighted by Crippen LogP contribution is 2.27. The topological polar surface area (TPSA) is 24.5 Å². The summed E-state index contributed by atoms with van der Waals surface area (Å²) in [5, 5.41) is 3.35. The minimum Gasteiger partial charge on any atom is -0.376 e. The molecule has 2 unspecified atom stereocenters. The van der Waals surface area contributed by atoms with Crippen molar-refractivity contribution in [2.45, 2.75) is 38.8 Å². The van der Waals surface area contributed by atoms with E-state index in [1.165, 1.54) is 6.07 Å². The molecule has 1 aliphatic heterocycles. The predicted molar refractivity (Wildman–Crippen MR) is 80.7 cm³/mol. The molecular formula is C16H25FN2O. The Balaban J connectivity index is 2.15. The van der Waals surface area contributed by atoms with Crippen LogP contribution in [0.25, 0.3) is 0 Å². The summed E-state index contributed by atoms with van der Waals surface area (Å²) >= 11 is 0. The van der Waals surface area contributed by atoms with Crippen LogP contribution in [-0.2, 0) is 4.74 Å². The van der Waals surface area contributed by atoms with E-state index in [1.807, 2.05) is 6.07 Å². The summed E-state index contributed by atoms with van der Waals surface area (Å²) in [6.07, 6.45) is 2.55. The van der Waals surface area contributed by atoms with Crippen LogP contribution in [0, 0.1) is 5.82 Å². The molecule has 0 amide bonds. The van der Waals surface area contributed by atoms with Crippen LogP contribution in [0.4, 0.5) is 10.1 Å². The van der Waals surface area contributed by atoms with Gasteiger partial charge in [-0.3, -0.25) is 0 Å². The molecule has 0 saturated carbocycles. The number of benzene rings is 1. The molecule has 2 rings (SSSR count). The van der Waals surface area contributed by atoms with Crippen LogP contribution in [0.3, 0.4) is 0 Å². The normalized spacial score (nSPS) is 20.1. The van der Waals surface area contributed by atoms with Crippen LogP contribution in [0.2, 0.25) is 0 Å². The number of nitrogens with one attached hydrogen (secondary N) is 1. The maximum absolute atomic E-state index is 13.5. The van der Waals surface area contributed by atoms with Gasteiger partial charge < -0.3 is 15.0 Å². The second kappa shape index (κ2) is 7.04. The van der Waals surface area contributed by atoms with E-state index < -0.39 is 0 Å². The van der Waals surface area contributed by atoms with Gasteiger partial charge in [0.1, 0.15) is 5.82 Å². The van der Waals surface area contributed by atoms with Gasteiger partial charge in [-0.15, -0.1) is 0 Å². The Morgan fingerprint density at radius 1 is 1.50 bits per heavy atom. The lowest BCUT2D eigenvalue weighted by molar-refractivity contribution is 0.116. The Bertz CT molecular complexity index is 432. The maximum Gasteiger partial charge on any atom is 0.123 e. The van der Waals surface area contributed by atoms with Crippen molar-refractivity contribution < 1.29 is 9.13 Å². The van der Waals surface area contributed by atoms with Gasteiger partial charge in [0, 0.05) is 31.9 Å². The number of hydrogen-bond donors (Lipinski definition) is 1. The lowest BCUT2D eigenvalue weighted by atomic mass is 10.0. The second-order valence-electron chi connectivity index (χ2n) is 5.50. The number of rotatable bonds is 6. The molecule has 4 heteroatoms. The molecule has 1 fully saturated rings. The van der Waals surface area contributed by atoms with E-state index in [4.69, 9.17) is 4.74 Å². The SMILES string of the molecule is CCNC(C)c1cc(F)ccc1N(C)CC1CCCO1. The predicted octanol–water partition coefficient (Wildman–Crippen LogP) is 3.11. The summed E-state index contributed by atoms with van der Waals surface area (Å²) in [4.78, 5) is 2.18. The zero-order valence-corrected chi connectivity index (χ0v) is 12.7. The first-order valence-corrected chi connectivity index (χ1v) is 7.47. The largest absolute Gasteiger partial charge is 0.376 e. The first kappa shape index (κ1) is 15.3. The number of ether oxygens (including phenoxy) is 1. The summed E-state index contributed by atoms with van der Waals surface area (Å²) in [6.45, 7) is 6.72. The quantitative estimate of drug-likeness (QED) is 0.866. The first-order chi connectivity index (χ1) is 9.61. The first-order valence-electron chi connectivity index (χ1n) is 7.47. The molecule has 1 saturated heterocycles. The van der Waals surface area contributed by atoms with Gasteiger partial charge in [-0.1, -0.05) is 6.92 Å². The van der Waals surface area contributed by atoms with E-state index in [1.54, 1.807) is 6.07 Å². The molecule has 0 bridgehead atoms. The van der Waals surface area contributed by atoms with Crippen molar-refractivity contribution in [2.75, 3.05) is 31.6 Å². The molecule has 1 aliphatic rings. The Hall–Kier alpha value is -1.13. The third-order valence-corrected chi connectivity index (χ3v) is 3.88. The van der Waals surface area contributed by atoms with Gasteiger partial charge >= 0.3 is 0 Å². The molecule has 20 heavy (non-hydrogen) atoms. The van der Waals surface area contributed by atoms with Crippen molar-refractivity contribution >= 4 is 5.69 Å². The van der Waals surface area contributed by atoms with E-state index in [2.05, 4.69) is 31.1 Å². The fourth-order valence-electron chi connectivity index (χ4n) is 2.83. The van der Waals surface area contributed by atoms with Crippen molar-refractivity contribution in [3.05, 3.63) is 29.6 Å². The third-order valence-electron chi connectivity index (χ3n) is 3.88. The Morgan fingerprint density at radius 3 is 2.95 bits per heavy atom. The van der Waals surface area contributed by atoms with Crippen molar-refractivity contribution in [2.24, 2.45) is 0 Å². The fourth-order valence-corrected chi connectivity index (χ4v) is 2.83. The van der Waals surface area contributed by atoms with Crippen LogP contribution in [0.15, 0.2) is 18.2 Å². The molecule has 0 aromatic heterocycles. The zero-order chi connectivity index (χ0) is 14.5. The maximum atomic E-state index is 13.5. The number of nitrogens with zero attached hydrogens (tertiary/aromatic N) is 1. The number of hydrogen-bond acceptors (Lipinski definition) is 3. The number of anilines is 1. The van der Waals surface area contributed by atoms with Gasteiger partial charge in [0.25, 0.3) is 0 Å². The van der Waals surface area contributed by atoms with Gasteiger partial charge in [-0.25, -0.2) is 4.39 Å². The van der Waals surface area contributed by atoms with Crippen molar-refractivity contribution in [3.8, 4) is 0 Å². The Kier molecular flexibility index (Phi) is 5.38. The lowest BCUT2D eigenvalue weighted by Crippen LogP contribution is -2.30. The van der Waals surface area contributed by atoms with E-state index in [9.17, 15) is 4.39 Å². The van der Waals surface area contributed by atoms with Crippen molar-refractivity contribution in [1.82, 2.24) is 5.32 Å². The second-order valence-corrected chi connectivity index (χ2v) is 5.50. The molecule has 1 aromatic carbocycles. The molecule has 0 spiro atoms. The zero-order valence-electron chi connectivity index (χ0n) is 12.7. The molecule has 1 aromatic rings. The van der Waals surface area contributed by atoms with Crippen LogP contribution in [0.1, 0.15) is 38.3 Å². The van der Waals surface area contributed by atoms with E-state index in [0.717, 1.165) is 43.8 Å². The molecule has 0 aliphatic carbocycles. The minimum atomic E-state index is -0.181. The molecule has 2 atom stereocenters. The third kappa shape index (κ3) is 3.70. The van der Waals surface area contributed by atoms with E-state index in [0.29, 0.717) is 6.10 Å². The van der Waals surface area contributed by atoms with Crippen LogP contribution < -0.4 is 10.2 Å². The van der Waals surface area contributed by atoms with Gasteiger partial charge in [0.2, 0.25) is 0 Å². The van der Waals surface area contributed by atoms with E-state index >= 15 is 0 Å². The van der Waals surface area contributed by atoms with Gasteiger partial charge in [0.05, 0.1) is 6.10 Å². The smallest absolute Gasteiger partial charge is 0.123 e. The average molecular weight is 280 g/mol.